The Hall–Kier alpha value is -2.09. The number of benzene rings is 1. The molecule has 5 nitrogen and oxygen atoms in total. The average molecular weight is 450 g/mol. The van der Waals surface area contributed by atoms with Crippen LogP contribution in [0.4, 0.5) is 8.78 Å². The van der Waals surface area contributed by atoms with Crippen molar-refractivity contribution in [2.24, 2.45) is 0 Å². The number of morpholine rings is 1. The fourth-order valence-electron chi connectivity index (χ4n) is 4.57. The highest BCUT2D eigenvalue weighted by Crippen LogP contribution is 2.33. The van der Waals surface area contributed by atoms with Crippen LogP contribution in [0.2, 0.25) is 5.02 Å². The van der Waals surface area contributed by atoms with Crippen molar-refractivity contribution in [1.29, 1.82) is 0 Å². The van der Waals surface area contributed by atoms with Gasteiger partial charge in [-0.05, 0) is 44.0 Å². The summed E-state index contributed by atoms with van der Waals surface area (Å²) in [7, 11) is 0. The smallest absolute Gasteiger partial charge is 0.260 e. The summed E-state index contributed by atoms with van der Waals surface area (Å²) in [5, 5.41) is 0.676. The van der Waals surface area contributed by atoms with Crippen LogP contribution in [0.25, 0.3) is 0 Å². The van der Waals surface area contributed by atoms with E-state index in [0.29, 0.717) is 18.1 Å². The Morgan fingerprint density at radius 3 is 2.61 bits per heavy atom. The highest BCUT2D eigenvalue weighted by molar-refractivity contribution is 6.31. The van der Waals surface area contributed by atoms with E-state index in [1.807, 2.05) is 19.1 Å². The standard InChI is InChI=1S/C23H26ClF2N3O2/c1-16-14-29(22(30)21-18(25)5-2-6-19(21)26)15-23(31-16)8-12-28(13-9-23)11-7-20-17(24)4-3-10-27-20/h2-6,10,16H,7-9,11-15H2,1H3. The highest BCUT2D eigenvalue weighted by Gasteiger charge is 2.43. The predicted molar refractivity (Wildman–Crippen MR) is 114 cm³/mol. The van der Waals surface area contributed by atoms with Crippen LogP contribution in [-0.2, 0) is 11.2 Å². The summed E-state index contributed by atoms with van der Waals surface area (Å²) < 4.78 is 34.6. The summed E-state index contributed by atoms with van der Waals surface area (Å²) in [5.74, 6) is -2.28. The van der Waals surface area contributed by atoms with Crippen molar-refractivity contribution >= 4 is 17.5 Å². The molecule has 4 rings (SSSR count). The summed E-state index contributed by atoms with van der Waals surface area (Å²) in [5.41, 5.74) is -0.0964. The number of ether oxygens (including phenoxy) is 1. The lowest BCUT2D eigenvalue weighted by Gasteiger charge is -2.49. The van der Waals surface area contributed by atoms with Gasteiger partial charge in [-0.25, -0.2) is 8.78 Å². The van der Waals surface area contributed by atoms with Gasteiger partial charge in [0, 0.05) is 38.8 Å². The number of carbonyl (C=O) groups excluding carboxylic acids is 1. The minimum atomic E-state index is -0.832. The molecule has 0 bridgehead atoms. The maximum Gasteiger partial charge on any atom is 0.260 e. The van der Waals surface area contributed by atoms with Crippen molar-refractivity contribution in [3.63, 3.8) is 0 Å². The minimum absolute atomic E-state index is 0.202. The molecule has 2 aliphatic rings. The van der Waals surface area contributed by atoms with E-state index in [-0.39, 0.29) is 6.10 Å². The lowest BCUT2D eigenvalue weighted by molar-refractivity contribution is -0.161. The summed E-state index contributed by atoms with van der Waals surface area (Å²) in [6.07, 6.45) is 3.80. The van der Waals surface area contributed by atoms with E-state index in [2.05, 4.69) is 9.88 Å². The number of piperidine rings is 1. The van der Waals surface area contributed by atoms with E-state index in [1.165, 1.54) is 6.07 Å². The Kier molecular flexibility index (Phi) is 6.55. The quantitative estimate of drug-likeness (QED) is 0.709. The third kappa shape index (κ3) is 4.89. The number of amides is 1. The molecule has 8 heteroatoms. The number of hydrogen-bond donors (Lipinski definition) is 0. The highest BCUT2D eigenvalue weighted by atomic mass is 35.5. The van der Waals surface area contributed by atoms with Crippen LogP contribution in [0.3, 0.4) is 0 Å². The van der Waals surface area contributed by atoms with Crippen molar-refractivity contribution in [2.45, 2.75) is 37.9 Å². The molecule has 2 aromatic rings. The van der Waals surface area contributed by atoms with Crippen LogP contribution in [-0.4, -0.2) is 65.1 Å². The molecule has 0 radical (unpaired) electrons. The van der Waals surface area contributed by atoms with Crippen LogP contribution >= 0.6 is 11.6 Å². The summed E-state index contributed by atoms with van der Waals surface area (Å²) in [4.78, 5) is 21.1. The van der Waals surface area contributed by atoms with Crippen LogP contribution in [0.15, 0.2) is 36.5 Å². The first kappa shape index (κ1) is 22.1. The molecule has 1 aromatic carbocycles. The Labute approximate surface area is 186 Å². The molecule has 1 atom stereocenters. The van der Waals surface area contributed by atoms with E-state index < -0.39 is 28.7 Å². The third-order valence-electron chi connectivity index (χ3n) is 6.14. The molecule has 166 valence electrons. The molecule has 31 heavy (non-hydrogen) atoms. The number of hydrogen-bond acceptors (Lipinski definition) is 4. The summed E-state index contributed by atoms with van der Waals surface area (Å²) in [6, 6.07) is 7.15. The Balaban J connectivity index is 1.39. The maximum atomic E-state index is 14.2. The predicted octanol–water partition coefficient (Wildman–Crippen LogP) is 3.95. The van der Waals surface area contributed by atoms with Gasteiger partial charge < -0.3 is 14.5 Å². The minimum Gasteiger partial charge on any atom is -0.368 e. The van der Waals surface area contributed by atoms with Crippen LogP contribution in [0, 0.1) is 11.6 Å². The van der Waals surface area contributed by atoms with Crippen LogP contribution < -0.4 is 0 Å². The molecule has 0 N–H and O–H groups in total. The Bertz CT molecular complexity index is 930. The van der Waals surface area contributed by atoms with Crippen molar-refractivity contribution in [3.8, 4) is 0 Å². The fourth-order valence-corrected chi connectivity index (χ4v) is 4.78. The van der Waals surface area contributed by atoms with Gasteiger partial charge in [0.2, 0.25) is 0 Å². The first-order valence-corrected chi connectivity index (χ1v) is 11.0. The SMILES string of the molecule is CC1CN(C(=O)c2c(F)cccc2F)CC2(CCN(CCc3ncccc3Cl)CC2)O1. The molecule has 3 heterocycles. The summed E-state index contributed by atoms with van der Waals surface area (Å²) in [6.45, 7) is 5.01. The van der Waals surface area contributed by atoms with Gasteiger partial charge in [0.05, 0.1) is 29.0 Å². The second kappa shape index (κ2) is 9.18. The first-order valence-electron chi connectivity index (χ1n) is 10.6. The number of carbonyl (C=O) groups is 1. The van der Waals surface area contributed by atoms with Gasteiger partial charge >= 0.3 is 0 Å². The monoisotopic (exact) mass is 449 g/mol. The zero-order chi connectivity index (χ0) is 22.0. The maximum absolute atomic E-state index is 14.2. The number of halogens is 3. The van der Waals surface area contributed by atoms with Crippen LogP contribution in [0.5, 0.6) is 0 Å². The zero-order valence-corrected chi connectivity index (χ0v) is 18.2. The first-order chi connectivity index (χ1) is 14.9. The van der Waals surface area contributed by atoms with Gasteiger partial charge in [0.1, 0.15) is 17.2 Å². The van der Waals surface area contributed by atoms with E-state index >= 15 is 0 Å². The summed E-state index contributed by atoms with van der Waals surface area (Å²) >= 11 is 6.20. The molecular weight excluding hydrogens is 424 g/mol. The number of pyridine rings is 1. The number of aromatic nitrogens is 1. The molecule has 0 saturated carbocycles. The zero-order valence-electron chi connectivity index (χ0n) is 17.5. The van der Waals surface area contributed by atoms with Crippen LogP contribution in [0.1, 0.15) is 35.8 Å². The molecular formula is C23H26ClF2N3O2. The van der Waals surface area contributed by atoms with Crippen molar-refractivity contribution in [2.75, 3.05) is 32.7 Å². The molecule has 1 spiro atoms. The molecule has 2 fully saturated rings. The normalized spacial score (nSPS) is 21.4. The Morgan fingerprint density at radius 1 is 1.23 bits per heavy atom. The van der Waals surface area contributed by atoms with E-state index in [1.54, 1.807) is 11.1 Å². The van der Waals surface area contributed by atoms with Gasteiger partial charge in [-0.1, -0.05) is 17.7 Å². The van der Waals surface area contributed by atoms with Gasteiger partial charge in [-0.15, -0.1) is 0 Å². The van der Waals surface area contributed by atoms with Gasteiger partial charge in [0.25, 0.3) is 5.91 Å². The van der Waals surface area contributed by atoms with E-state index in [0.717, 1.165) is 56.7 Å². The average Bonchev–Trinajstić information content (AvgIpc) is 2.74. The molecule has 2 saturated heterocycles. The van der Waals surface area contributed by atoms with Crippen molar-refractivity contribution in [1.82, 2.24) is 14.8 Å². The lowest BCUT2D eigenvalue weighted by atomic mass is 9.88. The topological polar surface area (TPSA) is 45.7 Å². The lowest BCUT2D eigenvalue weighted by Crippen LogP contribution is -2.60. The number of rotatable bonds is 4. The van der Waals surface area contributed by atoms with E-state index in [9.17, 15) is 13.6 Å². The molecule has 0 aliphatic carbocycles. The van der Waals surface area contributed by atoms with Gasteiger partial charge in [0.15, 0.2) is 0 Å². The number of nitrogens with zero attached hydrogens (tertiary/aromatic N) is 3. The third-order valence-corrected chi connectivity index (χ3v) is 6.48. The second-order valence-corrected chi connectivity index (χ2v) is 8.82. The molecule has 1 amide bonds. The second-order valence-electron chi connectivity index (χ2n) is 8.42. The van der Waals surface area contributed by atoms with Crippen molar-refractivity contribution in [3.05, 3.63) is 64.4 Å². The largest absolute Gasteiger partial charge is 0.368 e. The molecule has 2 aliphatic heterocycles. The number of likely N-dealkylation sites (tertiary alicyclic amines) is 1. The molecule has 1 aromatic heterocycles. The van der Waals surface area contributed by atoms with Gasteiger partial charge in [-0.3, -0.25) is 9.78 Å². The van der Waals surface area contributed by atoms with Crippen molar-refractivity contribution < 1.29 is 18.3 Å². The van der Waals surface area contributed by atoms with Gasteiger partial charge in [-0.2, -0.15) is 0 Å². The Morgan fingerprint density at radius 2 is 1.94 bits per heavy atom. The van der Waals surface area contributed by atoms with E-state index in [4.69, 9.17) is 16.3 Å². The molecule has 1 unspecified atom stereocenters. The fraction of sp³-hybridized carbons (Fsp3) is 0.478.